The summed E-state index contributed by atoms with van der Waals surface area (Å²) >= 11 is 0. The second kappa shape index (κ2) is 8.79. The van der Waals surface area contributed by atoms with E-state index in [1.54, 1.807) is 36.4 Å². The van der Waals surface area contributed by atoms with E-state index in [2.05, 4.69) is 0 Å². The first kappa shape index (κ1) is 22.1. The molecule has 0 atom stereocenters. The van der Waals surface area contributed by atoms with E-state index < -0.39 is 0 Å². The SMILES string of the molecule is Cc1cc(O)cc(Oc2cccc(N(c3c(C)cccc3O)c3c(C)cccc3O)c2)c1C. The van der Waals surface area contributed by atoms with Crippen molar-refractivity contribution in [2.24, 2.45) is 0 Å². The van der Waals surface area contributed by atoms with Gasteiger partial charge >= 0.3 is 0 Å². The van der Waals surface area contributed by atoms with Crippen molar-refractivity contribution in [3.8, 4) is 28.7 Å². The Morgan fingerprint density at radius 3 is 1.79 bits per heavy atom. The minimum atomic E-state index is 0.100. The highest BCUT2D eigenvalue weighted by Gasteiger charge is 2.23. The van der Waals surface area contributed by atoms with Crippen molar-refractivity contribution in [3.05, 3.63) is 95.1 Å². The van der Waals surface area contributed by atoms with Crippen LogP contribution < -0.4 is 9.64 Å². The van der Waals surface area contributed by atoms with Crippen molar-refractivity contribution in [2.75, 3.05) is 4.90 Å². The molecule has 0 saturated heterocycles. The number of ether oxygens (including phenoxy) is 1. The van der Waals surface area contributed by atoms with Crippen LogP contribution in [0.3, 0.4) is 0 Å². The molecule has 0 aliphatic rings. The summed E-state index contributed by atoms with van der Waals surface area (Å²) in [6, 6.07) is 21.4. The van der Waals surface area contributed by atoms with Crippen LogP contribution in [0.4, 0.5) is 17.1 Å². The number of para-hydroxylation sites is 2. The van der Waals surface area contributed by atoms with Crippen LogP contribution in [0, 0.1) is 27.7 Å². The molecular formula is C28H27NO4. The van der Waals surface area contributed by atoms with E-state index in [-0.39, 0.29) is 17.2 Å². The maximum atomic E-state index is 10.8. The lowest BCUT2D eigenvalue weighted by atomic mass is 10.1. The molecule has 168 valence electrons. The molecule has 5 heteroatoms. The molecule has 4 aromatic carbocycles. The largest absolute Gasteiger partial charge is 0.508 e. The lowest BCUT2D eigenvalue weighted by Crippen LogP contribution is -2.13. The Kier molecular flexibility index (Phi) is 5.88. The molecule has 3 N–H and O–H groups in total. The van der Waals surface area contributed by atoms with Gasteiger partial charge in [-0.05, 0) is 80.3 Å². The molecule has 0 unspecified atom stereocenters. The first-order valence-corrected chi connectivity index (χ1v) is 10.7. The third-order valence-corrected chi connectivity index (χ3v) is 5.79. The molecule has 4 rings (SSSR count). The topological polar surface area (TPSA) is 73.2 Å². The summed E-state index contributed by atoms with van der Waals surface area (Å²) in [5, 5.41) is 31.6. The number of aromatic hydroxyl groups is 3. The fraction of sp³-hybridized carbons (Fsp3) is 0.143. The van der Waals surface area contributed by atoms with Gasteiger partial charge in [-0.15, -0.1) is 0 Å². The molecule has 0 radical (unpaired) electrons. The standard InChI is InChI=1S/C28H27NO4/c1-17-8-5-12-24(31)27(17)29(28-18(2)9-6-13-25(28)32)21-10-7-11-23(15-21)33-26-16-22(30)14-19(3)20(26)4/h5-16,30-32H,1-4H3. The molecule has 0 fully saturated rings. The van der Waals surface area contributed by atoms with Crippen molar-refractivity contribution in [1.29, 1.82) is 0 Å². The van der Waals surface area contributed by atoms with Crippen LogP contribution in [0.1, 0.15) is 22.3 Å². The second-order valence-corrected chi connectivity index (χ2v) is 8.21. The highest BCUT2D eigenvalue weighted by Crippen LogP contribution is 2.47. The monoisotopic (exact) mass is 441 g/mol. The van der Waals surface area contributed by atoms with Gasteiger partial charge in [0.2, 0.25) is 0 Å². The number of benzene rings is 4. The molecule has 33 heavy (non-hydrogen) atoms. The number of anilines is 3. The van der Waals surface area contributed by atoms with Gasteiger partial charge in [-0.2, -0.15) is 0 Å². The van der Waals surface area contributed by atoms with Gasteiger partial charge in [0.15, 0.2) is 0 Å². The van der Waals surface area contributed by atoms with Crippen molar-refractivity contribution in [1.82, 2.24) is 0 Å². The predicted molar refractivity (Wildman–Crippen MR) is 132 cm³/mol. The van der Waals surface area contributed by atoms with Crippen molar-refractivity contribution >= 4 is 17.1 Å². The molecule has 0 spiro atoms. The summed E-state index contributed by atoms with van der Waals surface area (Å²) in [5.74, 6) is 1.47. The molecule has 0 heterocycles. The first-order chi connectivity index (χ1) is 15.8. The fourth-order valence-electron chi connectivity index (χ4n) is 3.97. The quantitative estimate of drug-likeness (QED) is 0.303. The van der Waals surface area contributed by atoms with E-state index in [1.807, 2.05) is 69.0 Å². The molecule has 0 aliphatic heterocycles. The van der Waals surface area contributed by atoms with E-state index in [9.17, 15) is 15.3 Å². The maximum Gasteiger partial charge on any atom is 0.139 e. The van der Waals surface area contributed by atoms with Gasteiger partial charge < -0.3 is 25.0 Å². The predicted octanol–water partition coefficient (Wildman–Crippen LogP) is 7.30. The highest BCUT2D eigenvalue weighted by atomic mass is 16.5. The molecule has 0 amide bonds. The molecule has 5 nitrogen and oxygen atoms in total. The zero-order chi connectivity index (χ0) is 23.7. The third-order valence-electron chi connectivity index (χ3n) is 5.79. The Bertz CT molecular complexity index is 1240. The van der Waals surface area contributed by atoms with Crippen LogP contribution in [-0.2, 0) is 0 Å². The molecule has 4 aromatic rings. The summed E-state index contributed by atoms with van der Waals surface area (Å²) in [6.07, 6.45) is 0. The first-order valence-electron chi connectivity index (χ1n) is 10.7. The summed E-state index contributed by atoms with van der Waals surface area (Å²) in [7, 11) is 0. The second-order valence-electron chi connectivity index (χ2n) is 8.21. The van der Waals surface area contributed by atoms with E-state index in [0.29, 0.717) is 28.6 Å². The Morgan fingerprint density at radius 1 is 0.636 bits per heavy atom. The average Bonchev–Trinajstić information content (AvgIpc) is 2.76. The lowest BCUT2D eigenvalue weighted by molar-refractivity contribution is 0.452. The van der Waals surface area contributed by atoms with Crippen LogP contribution in [-0.4, -0.2) is 15.3 Å². The summed E-state index contributed by atoms with van der Waals surface area (Å²) in [6.45, 7) is 7.69. The van der Waals surface area contributed by atoms with Gasteiger partial charge in [-0.25, -0.2) is 0 Å². The normalized spacial score (nSPS) is 10.8. The number of rotatable bonds is 5. The number of aryl methyl sites for hydroxylation is 3. The number of phenolic OH excluding ortho intramolecular Hbond substituents is 3. The Balaban J connectivity index is 1.88. The average molecular weight is 442 g/mol. The number of nitrogens with zero attached hydrogens (tertiary/aromatic N) is 1. The van der Waals surface area contributed by atoms with Gasteiger partial charge in [0.25, 0.3) is 0 Å². The number of hydrogen-bond acceptors (Lipinski definition) is 5. The highest BCUT2D eigenvalue weighted by molar-refractivity contribution is 5.86. The van der Waals surface area contributed by atoms with Crippen LogP contribution >= 0.6 is 0 Å². The van der Waals surface area contributed by atoms with Crippen LogP contribution in [0.5, 0.6) is 28.7 Å². The molecule has 0 aromatic heterocycles. The van der Waals surface area contributed by atoms with Crippen molar-refractivity contribution in [3.63, 3.8) is 0 Å². The van der Waals surface area contributed by atoms with Crippen LogP contribution in [0.25, 0.3) is 0 Å². The molecule has 0 aliphatic carbocycles. The summed E-state index contributed by atoms with van der Waals surface area (Å²) in [5.41, 5.74) is 5.41. The van der Waals surface area contributed by atoms with Gasteiger partial charge in [-0.1, -0.05) is 30.3 Å². The molecule has 0 bridgehead atoms. The van der Waals surface area contributed by atoms with Crippen molar-refractivity contribution < 1.29 is 20.1 Å². The Labute approximate surface area is 193 Å². The van der Waals surface area contributed by atoms with Crippen LogP contribution in [0.2, 0.25) is 0 Å². The fourth-order valence-corrected chi connectivity index (χ4v) is 3.97. The number of phenols is 3. The van der Waals surface area contributed by atoms with E-state index in [4.69, 9.17) is 4.74 Å². The Hall–Kier alpha value is -4.12. The van der Waals surface area contributed by atoms with E-state index in [0.717, 1.165) is 22.3 Å². The lowest BCUT2D eigenvalue weighted by Gasteiger charge is -2.29. The van der Waals surface area contributed by atoms with Gasteiger partial charge in [0.1, 0.15) is 28.7 Å². The van der Waals surface area contributed by atoms with E-state index in [1.165, 1.54) is 0 Å². The molecular weight excluding hydrogens is 414 g/mol. The minimum Gasteiger partial charge on any atom is -0.508 e. The van der Waals surface area contributed by atoms with Crippen LogP contribution in [0.15, 0.2) is 72.8 Å². The molecule has 0 saturated carbocycles. The van der Waals surface area contributed by atoms with E-state index >= 15 is 0 Å². The number of hydrogen-bond donors (Lipinski definition) is 3. The summed E-state index contributed by atoms with van der Waals surface area (Å²) < 4.78 is 6.14. The van der Waals surface area contributed by atoms with Gasteiger partial charge in [0, 0.05) is 12.1 Å². The van der Waals surface area contributed by atoms with Gasteiger partial charge in [-0.3, -0.25) is 0 Å². The van der Waals surface area contributed by atoms with Gasteiger partial charge in [0.05, 0.1) is 17.1 Å². The summed E-state index contributed by atoms with van der Waals surface area (Å²) in [4.78, 5) is 1.84. The van der Waals surface area contributed by atoms with Crippen molar-refractivity contribution in [2.45, 2.75) is 27.7 Å². The minimum absolute atomic E-state index is 0.100. The smallest absolute Gasteiger partial charge is 0.139 e. The maximum absolute atomic E-state index is 10.8. The Morgan fingerprint density at radius 2 is 1.21 bits per heavy atom. The zero-order valence-electron chi connectivity index (χ0n) is 19.1. The zero-order valence-corrected chi connectivity index (χ0v) is 19.1. The third kappa shape index (κ3) is 4.30.